The van der Waals surface area contributed by atoms with E-state index >= 15 is 0 Å². The summed E-state index contributed by atoms with van der Waals surface area (Å²) in [7, 11) is 1.32. The monoisotopic (exact) mass is 337 g/mol. The normalized spacial score (nSPS) is 16.9. The van der Waals surface area contributed by atoms with Crippen molar-refractivity contribution in [2.45, 2.75) is 25.9 Å². The van der Waals surface area contributed by atoms with Gasteiger partial charge >= 0.3 is 5.97 Å². The lowest BCUT2D eigenvalue weighted by atomic mass is 10.0. The second-order valence-corrected chi connectivity index (χ2v) is 6.52. The lowest BCUT2D eigenvalue weighted by Gasteiger charge is -2.17. The molecule has 0 saturated heterocycles. The van der Waals surface area contributed by atoms with Crippen molar-refractivity contribution in [3.05, 3.63) is 53.7 Å². The molecule has 0 atom stereocenters. The molecular weight excluding hydrogens is 318 g/mol. The fraction of sp³-hybridized carbons (Fsp3) is 0.316. The number of anilines is 2. The largest absolute Gasteiger partial charge is 0.468 e. The molecule has 6 nitrogen and oxygen atoms in total. The molecule has 0 bridgehead atoms. The van der Waals surface area contributed by atoms with Gasteiger partial charge in [-0.05, 0) is 42.2 Å². The first-order chi connectivity index (χ1) is 12.1. The van der Waals surface area contributed by atoms with Gasteiger partial charge in [0, 0.05) is 25.0 Å². The Morgan fingerprint density at radius 1 is 1.16 bits per heavy atom. The predicted molar refractivity (Wildman–Crippen MR) is 92.9 cm³/mol. The highest BCUT2D eigenvalue weighted by atomic mass is 16.5. The van der Waals surface area contributed by atoms with Crippen LogP contribution in [0.2, 0.25) is 0 Å². The molecule has 2 aromatic rings. The van der Waals surface area contributed by atoms with Crippen molar-refractivity contribution in [2.75, 3.05) is 17.3 Å². The topological polar surface area (TPSA) is 71.5 Å². The summed E-state index contributed by atoms with van der Waals surface area (Å²) in [4.78, 5) is 31.1. The number of carbonyl (C=O) groups is 2. The van der Waals surface area contributed by atoms with Crippen LogP contribution in [-0.2, 0) is 27.4 Å². The number of rotatable bonds is 4. The van der Waals surface area contributed by atoms with Crippen LogP contribution in [0, 0.1) is 5.41 Å². The van der Waals surface area contributed by atoms with E-state index < -0.39 is 11.4 Å². The van der Waals surface area contributed by atoms with Crippen molar-refractivity contribution in [1.29, 1.82) is 0 Å². The number of hydrogen-bond acceptors (Lipinski definition) is 5. The number of amides is 1. The Hall–Kier alpha value is -2.89. The maximum atomic E-state index is 12.6. The van der Waals surface area contributed by atoms with Gasteiger partial charge in [-0.25, -0.2) is 4.98 Å². The van der Waals surface area contributed by atoms with Crippen LogP contribution in [0.1, 0.15) is 24.0 Å². The van der Waals surface area contributed by atoms with Crippen LogP contribution in [-0.4, -0.2) is 24.0 Å². The SMILES string of the molecule is COC(=O)C1(C(=O)Nc2cccc3c2CN(c2ccccn2)C3)CC1. The van der Waals surface area contributed by atoms with E-state index in [0.717, 1.165) is 29.2 Å². The van der Waals surface area contributed by atoms with Crippen molar-refractivity contribution >= 4 is 23.4 Å². The fourth-order valence-electron chi connectivity index (χ4n) is 3.33. The molecule has 0 spiro atoms. The summed E-state index contributed by atoms with van der Waals surface area (Å²) in [6.45, 7) is 1.42. The van der Waals surface area contributed by atoms with E-state index in [4.69, 9.17) is 4.74 Å². The minimum atomic E-state index is -1.00. The molecule has 1 aromatic heterocycles. The highest BCUT2D eigenvalue weighted by Crippen LogP contribution is 2.48. The van der Waals surface area contributed by atoms with Crippen LogP contribution < -0.4 is 10.2 Å². The number of carbonyl (C=O) groups excluding carboxylic acids is 2. The molecule has 0 unspecified atom stereocenters. The molecule has 0 radical (unpaired) electrons. The standard InChI is InChI=1S/C19H19N3O3/c1-25-18(24)19(8-9-19)17(23)21-15-6-4-5-13-11-22(12-14(13)15)16-7-2-3-10-20-16/h2-7,10H,8-9,11-12H2,1H3,(H,21,23). The van der Waals surface area contributed by atoms with Crippen molar-refractivity contribution < 1.29 is 14.3 Å². The Balaban J connectivity index is 1.56. The second-order valence-electron chi connectivity index (χ2n) is 6.52. The first-order valence-electron chi connectivity index (χ1n) is 8.31. The summed E-state index contributed by atoms with van der Waals surface area (Å²) in [6, 6.07) is 11.7. The average molecular weight is 337 g/mol. The fourth-order valence-corrected chi connectivity index (χ4v) is 3.33. The lowest BCUT2D eigenvalue weighted by molar-refractivity contribution is -0.150. The number of pyridine rings is 1. The molecule has 1 amide bonds. The van der Waals surface area contributed by atoms with Gasteiger partial charge in [0.05, 0.1) is 7.11 Å². The molecule has 6 heteroatoms. The van der Waals surface area contributed by atoms with E-state index in [1.54, 1.807) is 6.20 Å². The zero-order valence-corrected chi connectivity index (χ0v) is 14.0. The molecule has 2 aliphatic rings. The molecule has 4 rings (SSSR count). The van der Waals surface area contributed by atoms with Crippen LogP contribution in [0.4, 0.5) is 11.5 Å². The third-order valence-corrected chi connectivity index (χ3v) is 4.97. The predicted octanol–water partition coefficient (Wildman–Crippen LogP) is 2.49. The van der Waals surface area contributed by atoms with Gasteiger partial charge in [0.2, 0.25) is 5.91 Å². The molecule has 1 aromatic carbocycles. The summed E-state index contributed by atoms with van der Waals surface area (Å²) in [5, 5.41) is 2.95. The summed E-state index contributed by atoms with van der Waals surface area (Å²) >= 11 is 0. The van der Waals surface area contributed by atoms with Crippen molar-refractivity contribution in [3.63, 3.8) is 0 Å². The Labute approximate surface area is 145 Å². The van der Waals surface area contributed by atoms with Crippen molar-refractivity contribution in [3.8, 4) is 0 Å². The number of hydrogen-bond donors (Lipinski definition) is 1. The first-order valence-corrected chi connectivity index (χ1v) is 8.31. The Morgan fingerprint density at radius 3 is 2.68 bits per heavy atom. The molecule has 2 heterocycles. The van der Waals surface area contributed by atoms with Crippen LogP contribution in [0.15, 0.2) is 42.6 Å². The lowest BCUT2D eigenvalue weighted by Crippen LogP contribution is -2.32. The number of ether oxygens (including phenoxy) is 1. The summed E-state index contributed by atoms with van der Waals surface area (Å²) in [6.07, 6.45) is 2.86. The Morgan fingerprint density at radius 2 is 2.00 bits per heavy atom. The van der Waals surface area contributed by atoms with Gasteiger partial charge in [0.25, 0.3) is 0 Å². The Bertz CT molecular complexity index is 831. The van der Waals surface area contributed by atoms with Gasteiger partial charge in [0.15, 0.2) is 0 Å². The molecular formula is C19H19N3O3. The van der Waals surface area contributed by atoms with E-state index in [2.05, 4.69) is 21.3 Å². The minimum Gasteiger partial charge on any atom is -0.468 e. The number of fused-ring (bicyclic) bond motifs is 1. The maximum Gasteiger partial charge on any atom is 0.321 e. The molecule has 1 fully saturated rings. The number of esters is 1. The van der Waals surface area contributed by atoms with Gasteiger partial charge in [-0.1, -0.05) is 18.2 Å². The van der Waals surface area contributed by atoms with E-state index in [-0.39, 0.29) is 5.91 Å². The van der Waals surface area contributed by atoms with E-state index in [9.17, 15) is 9.59 Å². The van der Waals surface area contributed by atoms with Crippen molar-refractivity contribution in [1.82, 2.24) is 4.98 Å². The highest BCUT2D eigenvalue weighted by molar-refractivity contribution is 6.11. The molecule has 1 aliphatic heterocycles. The second kappa shape index (κ2) is 5.88. The van der Waals surface area contributed by atoms with Crippen LogP contribution in [0.25, 0.3) is 0 Å². The average Bonchev–Trinajstić information content (AvgIpc) is 3.35. The van der Waals surface area contributed by atoms with E-state index in [1.165, 1.54) is 7.11 Å². The van der Waals surface area contributed by atoms with Gasteiger partial charge in [0.1, 0.15) is 11.2 Å². The first kappa shape index (κ1) is 15.6. The van der Waals surface area contributed by atoms with Gasteiger partial charge in [-0.2, -0.15) is 0 Å². The zero-order valence-electron chi connectivity index (χ0n) is 14.0. The van der Waals surface area contributed by atoms with Crippen LogP contribution >= 0.6 is 0 Å². The zero-order chi connectivity index (χ0) is 17.4. The molecule has 1 N–H and O–H groups in total. The molecule has 25 heavy (non-hydrogen) atoms. The molecule has 128 valence electrons. The van der Waals surface area contributed by atoms with Gasteiger partial charge in [-0.3, -0.25) is 9.59 Å². The summed E-state index contributed by atoms with van der Waals surface area (Å²) in [5.74, 6) is 0.181. The van der Waals surface area contributed by atoms with Crippen molar-refractivity contribution in [2.24, 2.45) is 5.41 Å². The summed E-state index contributed by atoms with van der Waals surface area (Å²) in [5.41, 5.74) is 1.99. The minimum absolute atomic E-state index is 0.274. The number of benzene rings is 1. The van der Waals surface area contributed by atoms with E-state index in [1.807, 2.05) is 30.3 Å². The smallest absolute Gasteiger partial charge is 0.321 e. The quantitative estimate of drug-likeness (QED) is 0.685. The highest BCUT2D eigenvalue weighted by Gasteiger charge is 2.58. The number of methoxy groups -OCH3 is 1. The van der Waals surface area contributed by atoms with Gasteiger partial charge in [-0.15, -0.1) is 0 Å². The number of aromatic nitrogens is 1. The third kappa shape index (κ3) is 2.63. The van der Waals surface area contributed by atoms with Crippen LogP contribution in [0.3, 0.4) is 0 Å². The number of nitrogens with one attached hydrogen (secondary N) is 1. The number of nitrogens with zero attached hydrogens (tertiary/aromatic N) is 2. The Kier molecular flexibility index (Phi) is 3.67. The van der Waals surface area contributed by atoms with E-state index in [0.29, 0.717) is 19.4 Å². The van der Waals surface area contributed by atoms with Gasteiger partial charge < -0.3 is 15.0 Å². The maximum absolute atomic E-state index is 12.6. The van der Waals surface area contributed by atoms with Crippen LogP contribution in [0.5, 0.6) is 0 Å². The summed E-state index contributed by atoms with van der Waals surface area (Å²) < 4.78 is 4.79. The third-order valence-electron chi connectivity index (χ3n) is 4.97. The molecule has 1 saturated carbocycles. The molecule has 1 aliphatic carbocycles.